The lowest BCUT2D eigenvalue weighted by atomic mass is 10.3. The molecule has 1 aliphatic rings. The molecule has 2 heterocycles. The lowest BCUT2D eigenvalue weighted by Gasteiger charge is -2.26. The quantitative estimate of drug-likeness (QED) is 0.566. The Kier molecular flexibility index (Phi) is 3.16. The van der Waals surface area contributed by atoms with Crippen molar-refractivity contribution in [1.29, 1.82) is 0 Å². The molecule has 1 N–H and O–H groups in total. The van der Waals surface area contributed by atoms with Gasteiger partial charge in [0.15, 0.2) is 0 Å². The molecule has 0 aromatic carbocycles. The SMILES string of the molecule is Cn1ncc([N+](=O)[O-])c1CN1CCNCC1. The van der Waals surface area contributed by atoms with Crippen molar-refractivity contribution < 1.29 is 4.92 Å². The zero-order chi connectivity index (χ0) is 11.5. The van der Waals surface area contributed by atoms with Crippen LogP contribution in [0.3, 0.4) is 0 Å². The number of piperazine rings is 1. The van der Waals surface area contributed by atoms with E-state index in [1.165, 1.54) is 6.20 Å². The number of nitro groups is 1. The predicted octanol–water partition coefficient (Wildman–Crippen LogP) is -0.266. The molecule has 1 aromatic rings. The Labute approximate surface area is 93.2 Å². The van der Waals surface area contributed by atoms with E-state index in [1.807, 2.05) is 0 Å². The second-order valence-corrected chi connectivity index (χ2v) is 3.88. The van der Waals surface area contributed by atoms with Crippen molar-refractivity contribution in [2.45, 2.75) is 6.54 Å². The fourth-order valence-electron chi connectivity index (χ4n) is 1.87. The molecule has 0 atom stereocenters. The van der Waals surface area contributed by atoms with Gasteiger partial charge in [0.2, 0.25) is 0 Å². The minimum absolute atomic E-state index is 0.112. The van der Waals surface area contributed by atoms with E-state index in [-0.39, 0.29) is 10.6 Å². The number of hydrogen-bond donors (Lipinski definition) is 1. The Balaban J connectivity index is 2.12. The van der Waals surface area contributed by atoms with Gasteiger partial charge in [0, 0.05) is 39.8 Å². The minimum Gasteiger partial charge on any atom is -0.314 e. The van der Waals surface area contributed by atoms with E-state index >= 15 is 0 Å². The largest absolute Gasteiger partial charge is 0.314 e. The first kappa shape index (κ1) is 11.0. The third-order valence-corrected chi connectivity index (χ3v) is 2.82. The number of aromatic nitrogens is 2. The van der Waals surface area contributed by atoms with Gasteiger partial charge in [-0.1, -0.05) is 0 Å². The molecule has 88 valence electrons. The van der Waals surface area contributed by atoms with Crippen LogP contribution in [0.2, 0.25) is 0 Å². The number of nitrogens with zero attached hydrogens (tertiary/aromatic N) is 4. The topological polar surface area (TPSA) is 76.2 Å². The third kappa shape index (κ3) is 2.20. The van der Waals surface area contributed by atoms with Crippen LogP contribution in [-0.4, -0.2) is 45.8 Å². The van der Waals surface area contributed by atoms with E-state index in [0.29, 0.717) is 12.2 Å². The van der Waals surface area contributed by atoms with Gasteiger partial charge >= 0.3 is 5.69 Å². The predicted molar refractivity (Wildman–Crippen MR) is 58.0 cm³/mol. The van der Waals surface area contributed by atoms with E-state index in [1.54, 1.807) is 11.7 Å². The van der Waals surface area contributed by atoms with E-state index < -0.39 is 0 Å². The Morgan fingerprint density at radius 3 is 2.88 bits per heavy atom. The van der Waals surface area contributed by atoms with Gasteiger partial charge in [-0.15, -0.1) is 0 Å². The van der Waals surface area contributed by atoms with Crippen LogP contribution in [0.1, 0.15) is 5.69 Å². The molecule has 16 heavy (non-hydrogen) atoms. The number of nitrogens with one attached hydrogen (secondary N) is 1. The fourth-order valence-corrected chi connectivity index (χ4v) is 1.87. The zero-order valence-electron chi connectivity index (χ0n) is 9.22. The first-order valence-corrected chi connectivity index (χ1v) is 5.27. The number of hydrogen-bond acceptors (Lipinski definition) is 5. The van der Waals surface area contributed by atoms with Crippen LogP contribution in [0.5, 0.6) is 0 Å². The summed E-state index contributed by atoms with van der Waals surface area (Å²) in [6.07, 6.45) is 1.32. The standard InChI is InChI=1S/C9H15N5O2/c1-12-9(8(6-11-12)14(15)16)7-13-4-2-10-3-5-13/h6,10H,2-5,7H2,1H3. The van der Waals surface area contributed by atoms with Gasteiger partial charge in [-0.05, 0) is 0 Å². The maximum atomic E-state index is 10.8. The molecular weight excluding hydrogens is 210 g/mol. The molecule has 0 aliphatic carbocycles. The van der Waals surface area contributed by atoms with Crippen LogP contribution < -0.4 is 5.32 Å². The molecule has 0 unspecified atom stereocenters. The first-order chi connectivity index (χ1) is 7.68. The van der Waals surface area contributed by atoms with Gasteiger partial charge in [0.1, 0.15) is 11.9 Å². The van der Waals surface area contributed by atoms with Crippen molar-refractivity contribution >= 4 is 5.69 Å². The van der Waals surface area contributed by atoms with E-state index in [9.17, 15) is 10.1 Å². The fraction of sp³-hybridized carbons (Fsp3) is 0.667. The smallest absolute Gasteiger partial charge is 0.311 e. The van der Waals surface area contributed by atoms with Crippen LogP contribution >= 0.6 is 0 Å². The van der Waals surface area contributed by atoms with Crippen LogP contribution in [0.4, 0.5) is 5.69 Å². The van der Waals surface area contributed by atoms with Crippen LogP contribution in [0, 0.1) is 10.1 Å². The second kappa shape index (κ2) is 4.58. The van der Waals surface area contributed by atoms with Gasteiger partial charge in [-0.2, -0.15) is 5.10 Å². The molecule has 1 aromatic heterocycles. The molecule has 0 bridgehead atoms. The average molecular weight is 225 g/mol. The molecule has 1 aliphatic heterocycles. The van der Waals surface area contributed by atoms with Crippen molar-refractivity contribution in [1.82, 2.24) is 20.0 Å². The van der Waals surface area contributed by atoms with Gasteiger partial charge in [-0.25, -0.2) is 0 Å². The zero-order valence-corrected chi connectivity index (χ0v) is 9.22. The van der Waals surface area contributed by atoms with E-state index in [0.717, 1.165) is 26.2 Å². The van der Waals surface area contributed by atoms with Crippen molar-refractivity contribution in [2.75, 3.05) is 26.2 Å². The molecule has 0 amide bonds. The highest BCUT2D eigenvalue weighted by atomic mass is 16.6. The summed E-state index contributed by atoms with van der Waals surface area (Å²) in [5, 5.41) is 18.0. The first-order valence-electron chi connectivity index (χ1n) is 5.27. The van der Waals surface area contributed by atoms with Gasteiger partial charge in [0.05, 0.1) is 4.92 Å². The highest BCUT2D eigenvalue weighted by molar-refractivity contribution is 5.32. The second-order valence-electron chi connectivity index (χ2n) is 3.88. The summed E-state index contributed by atoms with van der Waals surface area (Å²) in [6.45, 7) is 4.30. The summed E-state index contributed by atoms with van der Waals surface area (Å²) >= 11 is 0. The lowest BCUT2D eigenvalue weighted by Crippen LogP contribution is -2.43. The number of rotatable bonds is 3. The van der Waals surface area contributed by atoms with Crippen LogP contribution in [0.15, 0.2) is 6.20 Å². The molecule has 0 saturated carbocycles. The van der Waals surface area contributed by atoms with E-state index in [4.69, 9.17) is 0 Å². The maximum absolute atomic E-state index is 10.8. The third-order valence-electron chi connectivity index (χ3n) is 2.82. The van der Waals surface area contributed by atoms with Crippen molar-refractivity contribution in [2.24, 2.45) is 7.05 Å². The Hall–Kier alpha value is -1.47. The minimum atomic E-state index is -0.371. The highest BCUT2D eigenvalue weighted by Gasteiger charge is 2.21. The van der Waals surface area contributed by atoms with Gasteiger partial charge < -0.3 is 5.32 Å². The summed E-state index contributed by atoms with van der Waals surface area (Å²) < 4.78 is 1.58. The highest BCUT2D eigenvalue weighted by Crippen LogP contribution is 2.18. The lowest BCUT2D eigenvalue weighted by molar-refractivity contribution is -0.385. The summed E-state index contributed by atoms with van der Waals surface area (Å²) in [5.74, 6) is 0. The molecule has 2 rings (SSSR count). The number of aryl methyl sites for hydroxylation is 1. The molecule has 1 saturated heterocycles. The Bertz CT molecular complexity index is 383. The molecule has 7 heteroatoms. The van der Waals surface area contributed by atoms with Gasteiger partial charge in [-0.3, -0.25) is 19.7 Å². The van der Waals surface area contributed by atoms with Gasteiger partial charge in [0.25, 0.3) is 0 Å². The summed E-state index contributed by atoms with van der Waals surface area (Å²) in [7, 11) is 1.74. The Morgan fingerprint density at radius 2 is 2.25 bits per heavy atom. The van der Waals surface area contributed by atoms with Crippen LogP contribution in [0.25, 0.3) is 0 Å². The molecule has 0 spiro atoms. The summed E-state index contributed by atoms with van der Waals surface area (Å²) in [5.41, 5.74) is 0.785. The van der Waals surface area contributed by atoms with Crippen molar-refractivity contribution in [3.05, 3.63) is 22.0 Å². The van der Waals surface area contributed by atoms with Crippen molar-refractivity contribution in [3.8, 4) is 0 Å². The van der Waals surface area contributed by atoms with E-state index in [2.05, 4.69) is 15.3 Å². The normalized spacial score (nSPS) is 17.6. The molecule has 7 nitrogen and oxygen atoms in total. The summed E-state index contributed by atoms with van der Waals surface area (Å²) in [4.78, 5) is 12.6. The molecule has 0 radical (unpaired) electrons. The average Bonchev–Trinajstić information content (AvgIpc) is 2.62. The van der Waals surface area contributed by atoms with Crippen LogP contribution in [-0.2, 0) is 13.6 Å². The van der Waals surface area contributed by atoms with Crippen molar-refractivity contribution in [3.63, 3.8) is 0 Å². The molecular formula is C9H15N5O2. The molecule has 1 fully saturated rings. The summed E-state index contributed by atoms with van der Waals surface area (Å²) in [6, 6.07) is 0. The monoisotopic (exact) mass is 225 g/mol. The Morgan fingerprint density at radius 1 is 1.56 bits per heavy atom. The maximum Gasteiger partial charge on any atom is 0.311 e.